The number of ether oxygens (including phenoxy) is 1. The smallest absolute Gasteiger partial charge is 0.0812 e. The van der Waals surface area contributed by atoms with Crippen molar-refractivity contribution >= 4 is 11.3 Å². The molecule has 1 aromatic rings. The Kier molecular flexibility index (Phi) is 2.67. The van der Waals surface area contributed by atoms with Gasteiger partial charge in [-0.05, 0) is 34.8 Å². The minimum Gasteiger partial charge on any atom is -0.376 e. The maximum absolute atomic E-state index is 5.45. The van der Waals surface area contributed by atoms with Gasteiger partial charge in [0.2, 0.25) is 0 Å². The zero-order valence-electron chi connectivity index (χ0n) is 9.22. The van der Waals surface area contributed by atoms with E-state index >= 15 is 0 Å². The lowest BCUT2D eigenvalue weighted by atomic mass is 9.87. The van der Waals surface area contributed by atoms with Gasteiger partial charge in [0, 0.05) is 4.88 Å². The lowest BCUT2D eigenvalue weighted by molar-refractivity contribution is 0.113. The SMILES string of the molecule is CC(C)(C)Cc1csc2c1CCOC2. The van der Waals surface area contributed by atoms with Gasteiger partial charge in [0.25, 0.3) is 0 Å². The standard InChI is InChI=1S/C12H18OS/c1-12(2,3)6-9-8-14-11-7-13-5-4-10(9)11/h8H,4-7H2,1-3H3. The van der Waals surface area contributed by atoms with E-state index in [4.69, 9.17) is 4.74 Å². The summed E-state index contributed by atoms with van der Waals surface area (Å²) in [5.74, 6) is 0. The summed E-state index contributed by atoms with van der Waals surface area (Å²) in [5.41, 5.74) is 3.53. The molecule has 0 amide bonds. The van der Waals surface area contributed by atoms with Crippen molar-refractivity contribution in [1.29, 1.82) is 0 Å². The third kappa shape index (κ3) is 2.18. The molecular weight excluding hydrogens is 192 g/mol. The Labute approximate surface area is 90.1 Å². The van der Waals surface area contributed by atoms with E-state index in [1.807, 2.05) is 11.3 Å². The van der Waals surface area contributed by atoms with Crippen molar-refractivity contribution in [3.8, 4) is 0 Å². The molecule has 14 heavy (non-hydrogen) atoms. The monoisotopic (exact) mass is 210 g/mol. The zero-order valence-corrected chi connectivity index (χ0v) is 10.0. The van der Waals surface area contributed by atoms with Crippen LogP contribution in [0.2, 0.25) is 0 Å². The Hall–Kier alpha value is -0.340. The quantitative estimate of drug-likeness (QED) is 0.690. The fraction of sp³-hybridized carbons (Fsp3) is 0.667. The van der Waals surface area contributed by atoms with Crippen molar-refractivity contribution in [3.05, 3.63) is 21.4 Å². The average molecular weight is 210 g/mol. The highest BCUT2D eigenvalue weighted by atomic mass is 32.1. The van der Waals surface area contributed by atoms with E-state index in [0.29, 0.717) is 5.41 Å². The highest BCUT2D eigenvalue weighted by Gasteiger charge is 2.19. The predicted molar refractivity (Wildman–Crippen MR) is 60.8 cm³/mol. The van der Waals surface area contributed by atoms with E-state index in [1.165, 1.54) is 11.3 Å². The maximum Gasteiger partial charge on any atom is 0.0812 e. The summed E-state index contributed by atoms with van der Waals surface area (Å²) in [6.45, 7) is 8.65. The summed E-state index contributed by atoms with van der Waals surface area (Å²) in [7, 11) is 0. The molecular formula is C12H18OS. The van der Waals surface area contributed by atoms with Crippen molar-refractivity contribution < 1.29 is 4.74 Å². The summed E-state index contributed by atoms with van der Waals surface area (Å²) in [5, 5.41) is 2.32. The number of rotatable bonds is 1. The number of hydrogen-bond acceptors (Lipinski definition) is 2. The Balaban J connectivity index is 2.22. The fourth-order valence-corrected chi connectivity index (χ4v) is 2.98. The fourth-order valence-electron chi connectivity index (χ4n) is 1.94. The molecule has 0 radical (unpaired) electrons. The van der Waals surface area contributed by atoms with Gasteiger partial charge in [-0.25, -0.2) is 0 Å². The third-order valence-corrected chi connectivity index (χ3v) is 3.57. The number of thiophene rings is 1. The van der Waals surface area contributed by atoms with Crippen LogP contribution in [0.3, 0.4) is 0 Å². The summed E-state index contributed by atoms with van der Waals surface area (Å²) >= 11 is 1.87. The first-order valence-electron chi connectivity index (χ1n) is 5.22. The van der Waals surface area contributed by atoms with Gasteiger partial charge in [-0.3, -0.25) is 0 Å². The van der Waals surface area contributed by atoms with E-state index in [-0.39, 0.29) is 0 Å². The van der Waals surface area contributed by atoms with Crippen molar-refractivity contribution in [2.24, 2.45) is 5.41 Å². The van der Waals surface area contributed by atoms with Crippen LogP contribution < -0.4 is 0 Å². The van der Waals surface area contributed by atoms with Crippen LogP contribution in [0.5, 0.6) is 0 Å². The molecule has 2 heterocycles. The molecule has 0 aromatic carbocycles. The van der Waals surface area contributed by atoms with E-state index in [1.54, 1.807) is 11.1 Å². The first-order valence-corrected chi connectivity index (χ1v) is 6.10. The Morgan fingerprint density at radius 3 is 2.93 bits per heavy atom. The van der Waals surface area contributed by atoms with Crippen molar-refractivity contribution in [1.82, 2.24) is 0 Å². The summed E-state index contributed by atoms with van der Waals surface area (Å²) in [4.78, 5) is 1.45. The first kappa shape index (κ1) is 10.2. The maximum atomic E-state index is 5.45. The van der Waals surface area contributed by atoms with Gasteiger partial charge in [0.1, 0.15) is 0 Å². The van der Waals surface area contributed by atoms with Crippen molar-refractivity contribution in [3.63, 3.8) is 0 Å². The summed E-state index contributed by atoms with van der Waals surface area (Å²) in [6.07, 6.45) is 2.31. The van der Waals surface area contributed by atoms with Crippen LogP contribution in [0.15, 0.2) is 5.38 Å². The van der Waals surface area contributed by atoms with E-state index < -0.39 is 0 Å². The molecule has 0 N–H and O–H groups in total. The Morgan fingerprint density at radius 1 is 1.43 bits per heavy atom. The second kappa shape index (κ2) is 3.67. The van der Waals surface area contributed by atoms with Crippen LogP contribution in [-0.2, 0) is 24.2 Å². The minimum absolute atomic E-state index is 0.396. The van der Waals surface area contributed by atoms with Crippen molar-refractivity contribution in [2.45, 2.75) is 40.2 Å². The molecule has 1 aromatic heterocycles. The lowest BCUT2D eigenvalue weighted by Crippen LogP contribution is -2.13. The third-order valence-electron chi connectivity index (χ3n) is 2.52. The predicted octanol–water partition coefficient (Wildman–Crippen LogP) is 3.41. The molecule has 0 unspecified atom stereocenters. The highest BCUT2D eigenvalue weighted by Crippen LogP contribution is 2.31. The molecule has 1 nitrogen and oxygen atoms in total. The van der Waals surface area contributed by atoms with Gasteiger partial charge in [-0.2, -0.15) is 0 Å². The number of hydrogen-bond donors (Lipinski definition) is 0. The van der Waals surface area contributed by atoms with E-state index in [2.05, 4.69) is 26.2 Å². The molecule has 0 fully saturated rings. The molecule has 0 saturated heterocycles. The lowest BCUT2D eigenvalue weighted by Gasteiger charge is -2.20. The first-order chi connectivity index (χ1) is 6.56. The van der Waals surface area contributed by atoms with Crippen LogP contribution in [-0.4, -0.2) is 6.61 Å². The topological polar surface area (TPSA) is 9.23 Å². The van der Waals surface area contributed by atoms with Crippen LogP contribution in [0.25, 0.3) is 0 Å². The highest BCUT2D eigenvalue weighted by molar-refractivity contribution is 7.10. The average Bonchev–Trinajstić information content (AvgIpc) is 2.47. The van der Waals surface area contributed by atoms with Gasteiger partial charge in [-0.1, -0.05) is 20.8 Å². The molecule has 2 heteroatoms. The summed E-state index contributed by atoms with van der Waals surface area (Å²) < 4.78 is 5.45. The molecule has 1 aliphatic rings. The zero-order chi connectivity index (χ0) is 10.2. The molecule has 0 spiro atoms. The van der Waals surface area contributed by atoms with Crippen LogP contribution in [0, 0.1) is 5.41 Å². The second-order valence-electron chi connectivity index (χ2n) is 5.20. The van der Waals surface area contributed by atoms with Gasteiger partial charge in [0.05, 0.1) is 13.2 Å². The van der Waals surface area contributed by atoms with Crippen LogP contribution >= 0.6 is 11.3 Å². The van der Waals surface area contributed by atoms with Gasteiger partial charge >= 0.3 is 0 Å². The minimum atomic E-state index is 0.396. The van der Waals surface area contributed by atoms with Crippen molar-refractivity contribution in [2.75, 3.05) is 6.61 Å². The van der Waals surface area contributed by atoms with Gasteiger partial charge < -0.3 is 4.74 Å². The van der Waals surface area contributed by atoms with Crippen LogP contribution in [0.1, 0.15) is 36.8 Å². The molecule has 0 atom stereocenters. The molecule has 2 rings (SSSR count). The molecule has 1 aliphatic heterocycles. The summed E-state index contributed by atoms with van der Waals surface area (Å²) in [6, 6.07) is 0. The molecule has 0 bridgehead atoms. The molecule has 78 valence electrons. The van der Waals surface area contributed by atoms with E-state index in [9.17, 15) is 0 Å². The second-order valence-corrected chi connectivity index (χ2v) is 6.17. The van der Waals surface area contributed by atoms with E-state index in [0.717, 1.165) is 19.6 Å². The van der Waals surface area contributed by atoms with Gasteiger partial charge in [-0.15, -0.1) is 11.3 Å². The Morgan fingerprint density at radius 2 is 2.21 bits per heavy atom. The molecule has 0 saturated carbocycles. The van der Waals surface area contributed by atoms with Crippen LogP contribution in [0.4, 0.5) is 0 Å². The van der Waals surface area contributed by atoms with Gasteiger partial charge in [0.15, 0.2) is 0 Å². The largest absolute Gasteiger partial charge is 0.376 e. The molecule has 0 aliphatic carbocycles. The Bertz CT molecular complexity index is 320. The normalized spacial score (nSPS) is 16.8. The number of fused-ring (bicyclic) bond motifs is 1.